The van der Waals surface area contributed by atoms with Crippen LogP contribution in [0.3, 0.4) is 0 Å². The molecule has 2 N–H and O–H groups in total. The summed E-state index contributed by atoms with van der Waals surface area (Å²) in [5.41, 5.74) is 4.76. The summed E-state index contributed by atoms with van der Waals surface area (Å²) in [4.78, 5) is 11.9. The minimum absolute atomic E-state index is 0.0941. The minimum Gasteiger partial charge on any atom is -0.466 e. The lowest BCUT2D eigenvalue weighted by molar-refractivity contribution is -0.147. The van der Waals surface area contributed by atoms with Crippen LogP contribution in [0.1, 0.15) is 18.1 Å². The van der Waals surface area contributed by atoms with Gasteiger partial charge in [-0.3, -0.25) is 10.2 Å². The van der Waals surface area contributed by atoms with Crippen molar-refractivity contribution in [3.63, 3.8) is 0 Å². The van der Waals surface area contributed by atoms with E-state index in [1.807, 2.05) is 0 Å². The van der Waals surface area contributed by atoms with E-state index in [4.69, 9.17) is 4.74 Å². The van der Waals surface area contributed by atoms with Crippen molar-refractivity contribution in [2.24, 2.45) is 5.92 Å². The molecule has 1 heterocycles. The van der Waals surface area contributed by atoms with Crippen LogP contribution in [0.4, 0.5) is 13.2 Å². The topological polar surface area (TPSA) is 87.7 Å². The number of carbonyl (C=O) groups is 1. The molecule has 0 aliphatic carbocycles. The van der Waals surface area contributed by atoms with Gasteiger partial charge < -0.3 is 4.74 Å². The largest absolute Gasteiger partial charge is 0.466 e. The summed E-state index contributed by atoms with van der Waals surface area (Å²) >= 11 is 0. The van der Waals surface area contributed by atoms with E-state index in [9.17, 15) is 26.4 Å². The Labute approximate surface area is 149 Å². The molecular weight excluding hydrogens is 375 g/mol. The van der Waals surface area contributed by atoms with Crippen LogP contribution in [0.15, 0.2) is 24.3 Å². The third-order valence-electron chi connectivity index (χ3n) is 3.96. The summed E-state index contributed by atoms with van der Waals surface area (Å²) in [5, 5.41) is -1.22. The Bertz CT molecular complexity index is 737. The zero-order valence-electron chi connectivity index (χ0n) is 14.2. The second-order valence-electron chi connectivity index (χ2n) is 5.80. The normalized spacial score (nSPS) is 21.2. The molecule has 1 saturated heterocycles. The molecule has 0 aromatic heterocycles. The Morgan fingerprint density at radius 1 is 1.31 bits per heavy atom. The molecule has 2 rings (SSSR count). The Kier molecular flexibility index (Phi) is 6.27. The Morgan fingerprint density at radius 3 is 2.46 bits per heavy atom. The fourth-order valence-corrected chi connectivity index (χ4v) is 4.13. The van der Waals surface area contributed by atoms with Gasteiger partial charge in [0.2, 0.25) is 10.0 Å². The van der Waals surface area contributed by atoms with Crippen molar-refractivity contribution in [2.45, 2.75) is 25.0 Å². The van der Waals surface area contributed by atoms with Crippen LogP contribution in [0.5, 0.6) is 0 Å². The van der Waals surface area contributed by atoms with Crippen LogP contribution in [-0.2, 0) is 32.3 Å². The molecule has 1 aromatic rings. The van der Waals surface area contributed by atoms with Gasteiger partial charge in [-0.1, -0.05) is 12.1 Å². The van der Waals surface area contributed by atoms with Crippen LogP contribution in [0.25, 0.3) is 0 Å². The summed E-state index contributed by atoms with van der Waals surface area (Å²) in [6, 6.07) is 4.23. The monoisotopic (exact) mass is 395 g/mol. The van der Waals surface area contributed by atoms with Crippen molar-refractivity contribution >= 4 is 16.0 Å². The number of alkyl halides is 3. The first-order valence-electron chi connectivity index (χ1n) is 7.83. The molecule has 146 valence electrons. The Hall–Kier alpha value is -1.69. The molecule has 26 heavy (non-hydrogen) atoms. The molecule has 11 heteroatoms. The highest BCUT2D eigenvalue weighted by Gasteiger charge is 2.44. The second kappa shape index (κ2) is 7.91. The van der Waals surface area contributed by atoms with E-state index >= 15 is 0 Å². The van der Waals surface area contributed by atoms with E-state index in [0.29, 0.717) is 5.56 Å². The second-order valence-corrected chi connectivity index (χ2v) is 7.96. The van der Waals surface area contributed by atoms with E-state index < -0.39 is 39.0 Å². The Morgan fingerprint density at radius 2 is 1.92 bits per heavy atom. The van der Waals surface area contributed by atoms with Crippen molar-refractivity contribution < 1.29 is 31.1 Å². The molecule has 0 bridgehead atoms. The average Bonchev–Trinajstić information content (AvgIpc) is 3.05. The van der Waals surface area contributed by atoms with Gasteiger partial charge in [0.15, 0.2) is 5.37 Å². The first-order chi connectivity index (χ1) is 12.1. The number of benzene rings is 1. The number of ether oxygens (including phenoxy) is 1. The van der Waals surface area contributed by atoms with Crippen molar-refractivity contribution in [2.75, 3.05) is 20.2 Å². The molecule has 0 amide bonds. The predicted octanol–water partition coefficient (Wildman–Crippen LogP) is 1.08. The van der Waals surface area contributed by atoms with Crippen LogP contribution in [0, 0.1) is 5.92 Å². The van der Waals surface area contributed by atoms with Gasteiger partial charge in [0.25, 0.3) is 0 Å². The number of halogens is 3. The van der Waals surface area contributed by atoms with Crippen LogP contribution in [0.2, 0.25) is 0 Å². The van der Waals surface area contributed by atoms with E-state index in [1.54, 1.807) is 6.92 Å². The van der Waals surface area contributed by atoms with Crippen molar-refractivity contribution in [3.05, 3.63) is 35.4 Å². The molecule has 0 spiro atoms. The van der Waals surface area contributed by atoms with Crippen LogP contribution >= 0.6 is 0 Å². The number of nitrogens with zero attached hydrogens (tertiary/aromatic N) is 1. The third-order valence-corrected chi connectivity index (χ3v) is 6.05. The van der Waals surface area contributed by atoms with E-state index in [-0.39, 0.29) is 19.7 Å². The molecule has 2 atom stereocenters. The summed E-state index contributed by atoms with van der Waals surface area (Å²) in [6.07, 6.45) is -4.46. The lowest BCUT2D eigenvalue weighted by Crippen LogP contribution is -2.47. The molecule has 1 fully saturated rings. The number of esters is 1. The standard InChI is InChI=1S/C15H20F3N3O4S/c1-3-25-14(22)12-8-19-20-13(12)26(23,24)21(2)9-10-4-6-11(7-5-10)15(16,17)18/h4-7,12-13,19-20H,3,8-9H2,1-2H3. The summed E-state index contributed by atoms with van der Waals surface area (Å²) in [7, 11) is -2.65. The number of nitrogens with one attached hydrogen (secondary N) is 2. The third kappa shape index (κ3) is 4.53. The highest BCUT2D eigenvalue weighted by atomic mass is 32.2. The highest BCUT2D eigenvalue weighted by molar-refractivity contribution is 7.89. The number of hydrogen-bond acceptors (Lipinski definition) is 6. The molecule has 2 unspecified atom stereocenters. The quantitative estimate of drug-likeness (QED) is 0.701. The van der Waals surface area contributed by atoms with Crippen molar-refractivity contribution in [1.29, 1.82) is 0 Å². The fourth-order valence-electron chi connectivity index (χ4n) is 2.56. The van der Waals surface area contributed by atoms with Gasteiger partial charge in [-0.15, -0.1) is 0 Å². The van der Waals surface area contributed by atoms with Gasteiger partial charge in [-0.25, -0.2) is 13.8 Å². The summed E-state index contributed by atoms with van der Waals surface area (Å²) in [5.74, 6) is -1.56. The SMILES string of the molecule is CCOC(=O)C1CNNC1S(=O)(=O)N(C)Cc1ccc(C(F)(F)F)cc1. The number of hydrogen-bond donors (Lipinski definition) is 2. The lowest BCUT2D eigenvalue weighted by atomic mass is 10.1. The minimum atomic E-state index is -4.46. The number of sulfonamides is 1. The molecule has 7 nitrogen and oxygen atoms in total. The number of hydrazine groups is 1. The first kappa shape index (κ1) is 20.6. The summed E-state index contributed by atoms with van der Waals surface area (Å²) < 4.78 is 69.1. The van der Waals surface area contributed by atoms with Gasteiger partial charge in [-0.2, -0.15) is 17.5 Å². The fraction of sp³-hybridized carbons (Fsp3) is 0.533. The maximum atomic E-state index is 12.7. The van der Waals surface area contributed by atoms with Crippen LogP contribution in [-0.4, -0.2) is 44.3 Å². The van der Waals surface area contributed by atoms with Gasteiger partial charge in [0.05, 0.1) is 12.2 Å². The maximum absolute atomic E-state index is 12.7. The zero-order valence-corrected chi connectivity index (χ0v) is 15.0. The number of rotatable bonds is 6. The summed E-state index contributed by atoms with van der Waals surface area (Å²) in [6.45, 7) is 1.71. The first-order valence-corrected chi connectivity index (χ1v) is 9.34. The van der Waals surface area contributed by atoms with E-state index in [1.165, 1.54) is 19.2 Å². The lowest BCUT2D eigenvalue weighted by Gasteiger charge is -2.24. The van der Waals surface area contributed by atoms with Gasteiger partial charge in [0, 0.05) is 20.1 Å². The zero-order chi connectivity index (χ0) is 19.5. The molecule has 0 saturated carbocycles. The molecular formula is C15H20F3N3O4S. The Balaban J connectivity index is 2.12. The molecule has 1 aliphatic heterocycles. The van der Waals surface area contributed by atoms with Crippen LogP contribution < -0.4 is 10.9 Å². The van der Waals surface area contributed by atoms with Gasteiger partial charge >= 0.3 is 12.1 Å². The van der Waals surface area contributed by atoms with Crippen molar-refractivity contribution in [1.82, 2.24) is 15.2 Å². The van der Waals surface area contributed by atoms with E-state index in [0.717, 1.165) is 16.4 Å². The highest BCUT2D eigenvalue weighted by Crippen LogP contribution is 2.29. The molecule has 0 radical (unpaired) electrons. The van der Waals surface area contributed by atoms with Crippen molar-refractivity contribution in [3.8, 4) is 0 Å². The predicted molar refractivity (Wildman–Crippen MR) is 86.9 cm³/mol. The molecule has 1 aliphatic rings. The molecule has 1 aromatic carbocycles. The smallest absolute Gasteiger partial charge is 0.416 e. The average molecular weight is 395 g/mol. The van der Waals surface area contributed by atoms with Gasteiger partial charge in [0.1, 0.15) is 5.92 Å². The maximum Gasteiger partial charge on any atom is 0.416 e. The van der Waals surface area contributed by atoms with E-state index in [2.05, 4.69) is 10.9 Å². The number of carbonyl (C=O) groups excluding carboxylic acids is 1. The van der Waals surface area contributed by atoms with Gasteiger partial charge in [-0.05, 0) is 24.6 Å².